The first-order valence-corrected chi connectivity index (χ1v) is 7.13. The van der Waals surface area contributed by atoms with E-state index in [1.165, 1.54) is 0 Å². The summed E-state index contributed by atoms with van der Waals surface area (Å²) in [5.74, 6) is -0.0759. The van der Waals surface area contributed by atoms with Gasteiger partial charge in [0.1, 0.15) is 11.3 Å². The van der Waals surface area contributed by atoms with Crippen LogP contribution in [-0.4, -0.2) is 16.0 Å². The zero-order valence-electron chi connectivity index (χ0n) is 12.1. The first-order chi connectivity index (χ1) is 11.1. The van der Waals surface area contributed by atoms with Crippen LogP contribution in [0.15, 0.2) is 48.5 Å². The van der Waals surface area contributed by atoms with E-state index in [2.05, 4.69) is 10.3 Å². The van der Waals surface area contributed by atoms with Crippen molar-refractivity contribution in [1.29, 1.82) is 0 Å². The number of nitrogens with one attached hydrogen (secondary N) is 1. The van der Waals surface area contributed by atoms with E-state index in [1.807, 2.05) is 18.2 Å². The second-order valence-corrected chi connectivity index (χ2v) is 5.40. The molecule has 0 unspecified atom stereocenters. The molecule has 2 heterocycles. The molecule has 0 atom stereocenters. The van der Waals surface area contributed by atoms with Crippen LogP contribution in [0, 0.1) is 0 Å². The Morgan fingerprint density at radius 3 is 2.87 bits per heavy atom. The molecule has 1 aliphatic rings. The smallest absolute Gasteiger partial charge is 0.256 e. The average molecular weight is 303 g/mol. The largest absolute Gasteiger partial charge is 0.506 e. The molecule has 0 fully saturated rings. The second-order valence-electron chi connectivity index (χ2n) is 5.40. The molecule has 0 aliphatic carbocycles. The van der Waals surface area contributed by atoms with Crippen LogP contribution in [0.1, 0.15) is 11.3 Å². The summed E-state index contributed by atoms with van der Waals surface area (Å²) in [6, 6.07) is 14.2. The Hall–Kier alpha value is -3.34. The number of carbonyl (C=O) groups is 1. The van der Waals surface area contributed by atoms with Gasteiger partial charge in [-0.05, 0) is 36.4 Å². The molecule has 1 aliphatic heterocycles. The van der Waals surface area contributed by atoms with Gasteiger partial charge in [-0.3, -0.25) is 4.79 Å². The van der Waals surface area contributed by atoms with Gasteiger partial charge < -0.3 is 16.2 Å². The number of aromatic hydroxyl groups is 1. The van der Waals surface area contributed by atoms with E-state index in [-0.39, 0.29) is 11.7 Å². The van der Waals surface area contributed by atoms with Crippen molar-refractivity contribution >= 4 is 39.8 Å². The molecule has 1 aromatic heterocycles. The van der Waals surface area contributed by atoms with Crippen LogP contribution >= 0.6 is 0 Å². The van der Waals surface area contributed by atoms with Gasteiger partial charge in [0.25, 0.3) is 5.91 Å². The highest BCUT2D eigenvalue weighted by Crippen LogP contribution is 2.34. The third-order valence-corrected chi connectivity index (χ3v) is 3.84. The normalized spacial score (nSPS) is 15.0. The van der Waals surface area contributed by atoms with Crippen molar-refractivity contribution in [2.24, 2.45) is 0 Å². The maximum atomic E-state index is 12.2. The molecular formula is C18H13N3O2. The number of para-hydroxylation sites is 1. The third kappa shape index (κ3) is 2.19. The molecule has 0 spiro atoms. The number of phenolic OH excluding ortho intramolecular Hbond substituents is 1. The summed E-state index contributed by atoms with van der Waals surface area (Å²) < 4.78 is 0. The molecule has 5 nitrogen and oxygen atoms in total. The monoisotopic (exact) mass is 303 g/mol. The molecule has 3 aromatic rings. The van der Waals surface area contributed by atoms with Gasteiger partial charge in [-0.25, -0.2) is 4.98 Å². The highest BCUT2D eigenvalue weighted by molar-refractivity contribution is 6.35. The van der Waals surface area contributed by atoms with Crippen molar-refractivity contribution in [3.8, 4) is 5.75 Å². The molecule has 112 valence electrons. The molecule has 2 aromatic carbocycles. The van der Waals surface area contributed by atoms with Gasteiger partial charge in [-0.2, -0.15) is 0 Å². The van der Waals surface area contributed by atoms with E-state index in [0.717, 1.165) is 16.6 Å². The molecule has 0 bridgehead atoms. The minimum Gasteiger partial charge on any atom is -0.506 e. The van der Waals surface area contributed by atoms with Crippen LogP contribution in [-0.2, 0) is 4.79 Å². The first kappa shape index (κ1) is 13.3. The standard InChI is InChI=1S/C18H13N3O2/c19-11-5-7-15-13(8-11)14(18(23)21-15)9-12-6-4-10-2-1-3-16(22)17(10)20-12/h1-9,22H,19H2,(H,21,23). The third-order valence-electron chi connectivity index (χ3n) is 3.84. The van der Waals surface area contributed by atoms with Crippen molar-refractivity contribution < 1.29 is 9.90 Å². The fourth-order valence-electron chi connectivity index (χ4n) is 2.72. The number of aromatic nitrogens is 1. The minimum atomic E-state index is -0.190. The van der Waals surface area contributed by atoms with E-state index in [0.29, 0.717) is 22.5 Å². The van der Waals surface area contributed by atoms with Gasteiger partial charge in [0, 0.05) is 22.3 Å². The lowest BCUT2D eigenvalue weighted by atomic mass is 10.0. The molecule has 4 rings (SSSR count). The predicted octanol–water partition coefficient (Wildman–Crippen LogP) is 3.02. The number of hydrogen-bond acceptors (Lipinski definition) is 4. The summed E-state index contributed by atoms with van der Waals surface area (Å²) in [4.78, 5) is 16.6. The lowest BCUT2D eigenvalue weighted by molar-refractivity contribution is -0.110. The summed E-state index contributed by atoms with van der Waals surface area (Å²) in [6.07, 6.45) is 1.70. The van der Waals surface area contributed by atoms with E-state index in [1.54, 1.807) is 36.4 Å². The lowest BCUT2D eigenvalue weighted by Gasteiger charge is -2.03. The number of rotatable bonds is 1. The maximum absolute atomic E-state index is 12.2. The summed E-state index contributed by atoms with van der Waals surface area (Å²) in [7, 11) is 0. The summed E-state index contributed by atoms with van der Waals surface area (Å²) in [5, 5.41) is 13.6. The maximum Gasteiger partial charge on any atom is 0.256 e. The number of nitrogens with two attached hydrogens (primary N) is 1. The number of anilines is 2. The Balaban J connectivity index is 1.87. The van der Waals surface area contributed by atoms with Crippen molar-refractivity contribution in [2.45, 2.75) is 0 Å². The SMILES string of the molecule is Nc1ccc2c(c1)C(=Cc1ccc3cccc(O)c3n1)C(=O)N2. The molecule has 5 heteroatoms. The van der Waals surface area contributed by atoms with E-state index in [9.17, 15) is 9.90 Å². The van der Waals surface area contributed by atoms with Crippen LogP contribution in [0.4, 0.5) is 11.4 Å². The van der Waals surface area contributed by atoms with Crippen LogP contribution in [0.5, 0.6) is 5.75 Å². The van der Waals surface area contributed by atoms with Crippen molar-refractivity contribution in [3.05, 3.63) is 59.8 Å². The fraction of sp³-hybridized carbons (Fsp3) is 0. The van der Waals surface area contributed by atoms with Gasteiger partial charge >= 0.3 is 0 Å². The number of fused-ring (bicyclic) bond motifs is 2. The highest BCUT2D eigenvalue weighted by atomic mass is 16.3. The summed E-state index contributed by atoms with van der Waals surface area (Å²) in [6.45, 7) is 0. The number of phenols is 1. The van der Waals surface area contributed by atoms with E-state index < -0.39 is 0 Å². The van der Waals surface area contributed by atoms with Gasteiger partial charge in [0.15, 0.2) is 0 Å². The topological polar surface area (TPSA) is 88.2 Å². The minimum absolute atomic E-state index is 0.114. The molecule has 4 N–H and O–H groups in total. The fourth-order valence-corrected chi connectivity index (χ4v) is 2.72. The van der Waals surface area contributed by atoms with E-state index in [4.69, 9.17) is 5.73 Å². The van der Waals surface area contributed by atoms with Crippen molar-refractivity contribution in [1.82, 2.24) is 4.98 Å². The van der Waals surface area contributed by atoms with Gasteiger partial charge in [-0.15, -0.1) is 0 Å². The van der Waals surface area contributed by atoms with Crippen LogP contribution in [0.2, 0.25) is 0 Å². The first-order valence-electron chi connectivity index (χ1n) is 7.13. The lowest BCUT2D eigenvalue weighted by Crippen LogP contribution is -2.03. The number of nitrogens with zero attached hydrogens (tertiary/aromatic N) is 1. The number of amides is 1. The number of nitrogen functional groups attached to an aromatic ring is 1. The number of pyridine rings is 1. The van der Waals surface area contributed by atoms with Crippen molar-refractivity contribution in [3.63, 3.8) is 0 Å². The van der Waals surface area contributed by atoms with Crippen LogP contribution in [0.3, 0.4) is 0 Å². The molecule has 0 saturated heterocycles. The number of benzene rings is 2. The number of hydrogen-bond donors (Lipinski definition) is 3. The molecule has 1 amide bonds. The predicted molar refractivity (Wildman–Crippen MR) is 90.8 cm³/mol. The van der Waals surface area contributed by atoms with Crippen LogP contribution < -0.4 is 11.1 Å². The quantitative estimate of drug-likeness (QED) is 0.476. The molecule has 0 saturated carbocycles. The Morgan fingerprint density at radius 1 is 1.13 bits per heavy atom. The molecule has 23 heavy (non-hydrogen) atoms. The number of carbonyl (C=O) groups excluding carboxylic acids is 1. The Bertz CT molecular complexity index is 993. The van der Waals surface area contributed by atoms with Gasteiger partial charge in [0.2, 0.25) is 0 Å². The van der Waals surface area contributed by atoms with Crippen LogP contribution in [0.25, 0.3) is 22.6 Å². The van der Waals surface area contributed by atoms with Crippen molar-refractivity contribution in [2.75, 3.05) is 11.1 Å². The Labute approximate surface area is 132 Å². The Morgan fingerprint density at radius 2 is 2.00 bits per heavy atom. The van der Waals surface area contributed by atoms with E-state index >= 15 is 0 Å². The average Bonchev–Trinajstić information content (AvgIpc) is 2.84. The Kier molecular flexibility index (Phi) is 2.81. The second kappa shape index (κ2) is 4.84. The zero-order valence-corrected chi connectivity index (χ0v) is 12.1. The summed E-state index contributed by atoms with van der Waals surface area (Å²) in [5.41, 5.74) is 9.51. The zero-order chi connectivity index (χ0) is 16.0. The molecular weight excluding hydrogens is 290 g/mol. The highest BCUT2D eigenvalue weighted by Gasteiger charge is 2.24. The summed E-state index contributed by atoms with van der Waals surface area (Å²) >= 11 is 0. The van der Waals surface area contributed by atoms with Gasteiger partial charge in [0.05, 0.1) is 11.3 Å². The molecule has 0 radical (unpaired) electrons. The van der Waals surface area contributed by atoms with Gasteiger partial charge in [-0.1, -0.05) is 18.2 Å².